The van der Waals surface area contributed by atoms with E-state index in [1.807, 2.05) is 0 Å². The first-order chi connectivity index (χ1) is 15.2. The van der Waals surface area contributed by atoms with E-state index in [0.717, 1.165) is 6.42 Å². The second-order valence-corrected chi connectivity index (χ2v) is 11.8. The summed E-state index contributed by atoms with van der Waals surface area (Å²) in [4.78, 5) is 11.6. The number of esters is 1. The van der Waals surface area contributed by atoms with Crippen molar-refractivity contribution in [3.8, 4) is 0 Å². The van der Waals surface area contributed by atoms with Crippen molar-refractivity contribution < 1.29 is 28.8 Å². The zero-order valence-electron chi connectivity index (χ0n) is 19.8. The number of fused-ring (bicyclic) bond motifs is 7. The van der Waals surface area contributed by atoms with Gasteiger partial charge >= 0.3 is 5.97 Å². The number of aliphatic hydroxyl groups excluding tert-OH is 1. The van der Waals surface area contributed by atoms with Gasteiger partial charge in [-0.25, -0.2) is 0 Å². The molecule has 0 aromatic rings. The van der Waals surface area contributed by atoms with Crippen LogP contribution in [0.4, 0.5) is 0 Å². The van der Waals surface area contributed by atoms with E-state index in [-0.39, 0.29) is 47.3 Å². The summed E-state index contributed by atoms with van der Waals surface area (Å²) in [7, 11) is 0. The number of ether oxygens (including phenoxy) is 4. The standard InChI is InChI=1S/C26H38O6/c1-13(24-29-9-10-30-24)16-5-6-17-21-18(7-8-25(16,17)3)26(4)15(11-19(21)28)12-20(31-14(2)27)22-23(26)32-22/h11,13,16-24,28H,5-10,12H2,1-4H3/t13?,16-,17+,18+,19-,20-,21+,22+,23+,25-,26+/m1/s1. The van der Waals surface area contributed by atoms with E-state index in [9.17, 15) is 9.90 Å². The Bertz CT molecular complexity index is 819. The molecule has 32 heavy (non-hydrogen) atoms. The molecule has 4 aliphatic carbocycles. The molecule has 6 heteroatoms. The maximum Gasteiger partial charge on any atom is 0.303 e. The van der Waals surface area contributed by atoms with Gasteiger partial charge in [-0.3, -0.25) is 4.79 Å². The summed E-state index contributed by atoms with van der Waals surface area (Å²) < 4.78 is 23.5. The molecule has 5 fully saturated rings. The van der Waals surface area contributed by atoms with Crippen LogP contribution in [0.15, 0.2) is 11.6 Å². The quantitative estimate of drug-likeness (QED) is 0.406. The summed E-state index contributed by atoms with van der Waals surface area (Å²) >= 11 is 0. The number of rotatable bonds is 3. The molecule has 1 unspecified atom stereocenters. The number of epoxide rings is 1. The molecule has 0 aromatic heterocycles. The fourth-order valence-corrected chi connectivity index (χ4v) is 9.11. The molecule has 0 amide bonds. The van der Waals surface area contributed by atoms with Crippen molar-refractivity contribution in [3.63, 3.8) is 0 Å². The first-order valence-electron chi connectivity index (χ1n) is 12.7. The average Bonchev–Trinajstić information content (AvgIpc) is 3.22. The second kappa shape index (κ2) is 7.27. The minimum atomic E-state index is -0.436. The lowest BCUT2D eigenvalue weighted by atomic mass is 9.46. The van der Waals surface area contributed by atoms with Crippen LogP contribution in [-0.4, -0.2) is 55.0 Å². The Balaban J connectivity index is 1.29. The molecule has 178 valence electrons. The molecular formula is C26H38O6. The molecule has 0 aromatic carbocycles. The van der Waals surface area contributed by atoms with Crippen molar-refractivity contribution in [2.24, 2.45) is 40.4 Å². The third-order valence-corrected chi connectivity index (χ3v) is 10.6. The zero-order valence-corrected chi connectivity index (χ0v) is 19.8. The van der Waals surface area contributed by atoms with Gasteiger partial charge in [0.05, 0.1) is 25.4 Å². The minimum Gasteiger partial charge on any atom is -0.459 e. The van der Waals surface area contributed by atoms with E-state index in [2.05, 4.69) is 26.8 Å². The van der Waals surface area contributed by atoms with E-state index < -0.39 is 6.10 Å². The van der Waals surface area contributed by atoms with Gasteiger partial charge in [0.1, 0.15) is 12.2 Å². The van der Waals surface area contributed by atoms with E-state index in [1.54, 1.807) is 0 Å². The van der Waals surface area contributed by atoms with E-state index in [0.29, 0.717) is 43.3 Å². The maximum atomic E-state index is 11.6. The van der Waals surface area contributed by atoms with E-state index in [1.165, 1.54) is 31.8 Å². The van der Waals surface area contributed by atoms with Gasteiger partial charge in [0.25, 0.3) is 0 Å². The maximum absolute atomic E-state index is 11.6. The molecule has 6 nitrogen and oxygen atoms in total. The molecule has 2 aliphatic heterocycles. The van der Waals surface area contributed by atoms with Crippen LogP contribution in [-0.2, 0) is 23.7 Å². The highest BCUT2D eigenvalue weighted by Gasteiger charge is 2.69. The van der Waals surface area contributed by atoms with Crippen LogP contribution in [0.1, 0.15) is 59.8 Å². The summed E-state index contributed by atoms with van der Waals surface area (Å²) in [5, 5.41) is 11.4. The largest absolute Gasteiger partial charge is 0.459 e. The Morgan fingerprint density at radius 3 is 2.66 bits per heavy atom. The Hall–Kier alpha value is -0.950. The fourth-order valence-electron chi connectivity index (χ4n) is 9.11. The Morgan fingerprint density at radius 1 is 1.19 bits per heavy atom. The summed E-state index contributed by atoms with van der Waals surface area (Å²) in [6.07, 6.45) is 6.84. The van der Waals surface area contributed by atoms with Gasteiger partial charge in [-0.2, -0.15) is 0 Å². The minimum absolute atomic E-state index is 0.0123. The highest BCUT2D eigenvalue weighted by molar-refractivity contribution is 5.66. The Labute approximate surface area is 191 Å². The van der Waals surface area contributed by atoms with Crippen molar-refractivity contribution in [1.29, 1.82) is 0 Å². The van der Waals surface area contributed by atoms with Gasteiger partial charge in [0.15, 0.2) is 6.29 Å². The zero-order chi connectivity index (χ0) is 22.4. The smallest absolute Gasteiger partial charge is 0.303 e. The molecule has 0 bridgehead atoms. The van der Waals surface area contributed by atoms with Crippen LogP contribution < -0.4 is 0 Å². The van der Waals surface area contributed by atoms with E-state index >= 15 is 0 Å². The van der Waals surface area contributed by atoms with Gasteiger partial charge in [-0.15, -0.1) is 0 Å². The van der Waals surface area contributed by atoms with Gasteiger partial charge in [-0.05, 0) is 54.8 Å². The first kappa shape index (κ1) is 21.6. The van der Waals surface area contributed by atoms with Crippen LogP contribution in [0.5, 0.6) is 0 Å². The van der Waals surface area contributed by atoms with Crippen molar-refractivity contribution >= 4 is 5.97 Å². The highest BCUT2D eigenvalue weighted by Crippen LogP contribution is 2.69. The molecule has 2 saturated heterocycles. The molecular weight excluding hydrogens is 408 g/mol. The second-order valence-electron chi connectivity index (χ2n) is 11.8. The summed E-state index contributed by atoms with van der Waals surface area (Å²) in [5.41, 5.74) is 1.39. The molecule has 6 rings (SSSR count). The van der Waals surface area contributed by atoms with Crippen LogP contribution in [0.3, 0.4) is 0 Å². The molecule has 6 aliphatic rings. The normalized spacial score (nSPS) is 52.8. The fraction of sp³-hybridized carbons (Fsp3) is 0.885. The lowest BCUT2D eigenvalue weighted by Crippen LogP contribution is -2.57. The van der Waals surface area contributed by atoms with Crippen LogP contribution >= 0.6 is 0 Å². The Kier molecular flexibility index (Phi) is 4.90. The monoisotopic (exact) mass is 446 g/mol. The first-order valence-corrected chi connectivity index (χ1v) is 12.7. The summed E-state index contributed by atoms with van der Waals surface area (Å²) in [6.45, 7) is 10.00. The number of hydrogen-bond donors (Lipinski definition) is 1. The third kappa shape index (κ3) is 2.88. The van der Waals surface area contributed by atoms with E-state index in [4.69, 9.17) is 18.9 Å². The van der Waals surface area contributed by atoms with Crippen LogP contribution in [0.2, 0.25) is 0 Å². The molecule has 0 spiro atoms. The van der Waals surface area contributed by atoms with Crippen molar-refractivity contribution in [3.05, 3.63) is 11.6 Å². The summed E-state index contributed by atoms with van der Waals surface area (Å²) in [5.74, 6) is 1.87. The van der Waals surface area contributed by atoms with Crippen molar-refractivity contribution in [2.75, 3.05) is 13.2 Å². The molecule has 3 saturated carbocycles. The molecule has 11 atom stereocenters. The molecule has 2 heterocycles. The van der Waals surface area contributed by atoms with Crippen LogP contribution in [0, 0.1) is 40.4 Å². The predicted octanol–water partition coefficient (Wildman–Crippen LogP) is 3.46. The van der Waals surface area contributed by atoms with Gasteiger partial charge in [0, 0.05) is 24.7 Å². The number of hydrogen-bond acceptors (Lipinski definition) is 6. The molecule has 0 radical (unpaired) electrons. The highest BCUT2D eigenvalue weighted by atomic mass is 16.7. The summed E-state index contributed by atoms with van der Waals surface area (Å²) in [6, 6.07) is 0. The van der Waals surface area contributed by atoms with Gasteiger partial charge in [0.2, 0.25) is 0 Å². The van der Waals surface area contributed by atoms with Crippen molar-refractivity contribution in [1.82, 2.24) is 0 Å². The topological polar surface area (TPSA) is 77.5 Å². The van der Waals surface area contributed by atoms with Crippen molar-refractivity contribution in [2.45, 2.75) is 90.5 Å². The van der Waals surface area contributed by atoms with Gasteiger partial charge in [-0.1, -0.05) is 32.4 Å². The SMILES string of the molecule is CC(=O)O[C@@H]1CC2=C[C@@H](O)[C@H]3[C@@H]4CC[C@H](C(C)C5OCCO5)[C@@]4(C)CC[C@@H]3[C@@]2(C)[C@H]2O[C@@H]12. The average molecular weight is 447 g/mol. The van der Waals surface area contributed by atoms with Crippen LogP contribution in [0.25, 0.3) is 0 Å². The Morgan fingerprint density at radius 2 is 1.94 bits per heavy atom. The lowest BCUT2D eigenvalue weighted by Gasteiger charge is -2.58. The molecule has 1 N–H and O–H groups in total. The number of carbonyl (C=O) groups excluding carboxylic acids is 1. The predicted molar refractivity (Wildman–Crippen MR) is 116 cm³/mol. The van der Waals surface area contributed by atoms with Gasteiger partial charge < -0.3 is 24.1 Å². The third-order valence-electron chi connectivity index (χ3n) is 10.6. The lowest BCUT2D eigenvalue weighted by molar-refractivity contribution is -0.148. The number of carbonyl (C=O) groups is 1. The number of aliphatic hydroxyl groups is 1.